The number of methoxy groups -OCH3 is 1. The average Bonchev–Trinajstić information content (AvgIpc) is 2.77. The molecule has 17 heavy (non-hydrogen) atoms. The highest BCUT2D eigenvalue weighted by atomic mass is 16.5. The monoisotopic (exact) mass is 242 g/mol. The van der Waals surface area contributed by atoms with E-state index < -0.39 is 0 Å². The van der Waals surface area contributed by atoms with Crippen LogP contribution in [0.15, 0.2) is 0 Å². The molecule has 4 nitrogen and oxygen atoms in total. The first-order valence-corrected chi connectivity index (χ1v) is 6.76. The van der Waals surface area contributed by atoms with E-state index in [2.05, 4.69) is 24.5 Å². The molecule has 0 spiro atoms. The number of ether oxygens (including phenoxy) is 1. The van der Waals surface area contributed by atoms with Crippen LogP contribution in [0.3, 0.4) is 0 Å². The summed E-state index contributed by atoms with van der Waals surface area (Å²) >= 11 is 0. The normalized spacial score (nSPS) is 25.8. The Hall–Kier alpha value is -0.610. The molecule has 0 radical (unpaired) electrons. The molecule has 2 unspecified atom stereocenters. The van der Waals surface area contributed by atoms with Gasteiger partial charge in [0, 0.05) is 26.1 Å². The Morgan fingerprint density at radius 1 is 1.47 bits per heavy atom. The third-order valence-electron chi connectivity index (χ3n) is 3.56. The number of unbranched alkanes of at least 4 members (excludes halogenated alkanes) is 1. The van der Waals surface area contributed by atoms with E-state index in [9.17, 15) is 4.79 Å². The molecule has 0 aliphatic carbocycles. The van der Waals surface area contributed by atoms with Crippen molar-refractivity contribution in [1.29, 1.82) is 0 Å². The van der Waals surface area contributed by atoms with Gasteiger partial charge >= 0.3 is 0 Å². The molecule has 0 aromatic rings. The van der Waals surface area contributed by atoms with Crippen molar-refractivity contribution in [3.8, 4) is 0 Å². The number of rotatable bonds is 7. The van der Waals surface area contributed by atoms with Crippen LogP contribution in [0, 0.1) is 5.92 Å². The van der Waals surface area contributed by atoms with Gasteiger partial charge in [0.15, 0.2) is 0 Å². The van der Waals surface area contributed by atoms with E-state index in [1.54, 1.807) is 7.11 Å². The summed E-state index contributed by atoms with van der Waals surface area (Å²) in [6.45, 7) is 5.88. The molecule has 1 aliphatic rings. The second kappa shape index (κ2) is 7.67. The summed E-state index contributed by atoms with van der Waals surface area (Å²) in [5.41, 5.74) is 0. The minimum Gasteiger partial charge on any atom is -0.378 e. The Bertz CT molecular complexity index is 233. The van der Waals surface area contributed by atoms with E-state index in [0.29, 0.717) is 0 Å². The average molecular weight is 242 g/mol. The van der Waals surface area contributed by atoms with Crippen molar-refractivity contribution in [1.82, 2.24) is 10.6 Å². The minimum atomic E-state index is 0.114. The predicted octanol–water partition coefficient (Wildman–Crippen LogP) is 1.31. The van der Waals surface area contributed by atoms with E-state index in [-0.39, 0.29) is 24.0 Å². The van der Waals surface area contributed by atoms with Gasteiger partial charge < -0.3 is 15.4 Å². The number of amides is 1. The number of hydrogen-bond acceptors (Lipinski definition) is 3. The van der Waals surface area contributed by atoms with Crippen molar-refractivity contribution in [3.05, 3.63) is 0 Å². The van der Waals surface area contributed by atoms with Gasteiger partial charge in [-0.3, -0.25) is 4.79 Å². The lowest BCUT2D eigenvalue weighted by atomic mass is 9.98. The van der Waals surface area contributed by atoms with Crippen LogP contribution >= 0.6 is 0 Å². The summed E-state index contributed by atoms with van der Waals surface area (Å²) in [7, 11) is 1.70. The van der Waals surface area contributed by atoms with E-state index in [1.165, 1.54) is 0 Å². The SMILES string of the molecule is CCCCC(CC)C(=O)NC1CNC[C@H]1OC. The third kappa shape index (κ3) is 4.28. The number of carbonyl (C=O) groups excluding carboxylic acids is 1. The van der Waals surface area contributed by atoms with Crippen LogP contribution in [0.25, 0.3) is 0 Å². The lowest BCUT2D eigenvalue weighted by Crippen LogP contribution is -2.45. The van der Waals surface area contributed by atoms with Crippen LogP contribution in [0.4, 0.5) is 0 Å². The number of nitrogens with one attached hydrogen (secondary N) is 2. The number of carbonyl (C=O) groups is 1. The van der Waals surface area contributed by atoms with Crippen LogP contribution < -0.4 is 10.6 Å². The first-order valence-electron chi connectivity index (χ1n) is 6.76. The Morgan fingerprint density at radius 2 is 2.24 bits per heavy atom. The fourth-order valence-electron chi connectivity index (χ4n) is 2.32. The molecule has 2 N–H and O–H groups in total. The summed E-state index contributed by atoms with van der Waals surface area (Å²) in [6, 6.07) is 0.128. The van der Waals surface area contributed by atoms with Gasteiger partial charge in [-0.1, -0.05) is 26.7 Å². The fourth-order valence-corrected chi connectivity index (χ4v) is 2.32. The Balaban J connectivity index is 2.40. The molecule has 0 aromatic heterocycles. The molecule has 1 rings (SSSR count). The van der Waals surface area contributed by atoms with Crippen molar-refractivity contribution in [2.45, 2.75) is 51.7 Å². The second-order valence-corrected chi connectivity index (χ2v) is 4.79. The van der Waals surface area contributed by atoms with Crippen LogP contribution in [0.1, 0.15) is 39.5 Å². The first kappa shape index (κ1) is 14.5. The first-order chi connectivity index (χ1) is 8.22. The highest BCUT2D eigenvalue weighted by Crippen LogP contribution is 2.14. The van der Waals surface area contributed by atoms with Crippen molar-refractivity contribution in [2.24, 2.45) is 5.92 Å². The molecule has 0 bridgehead atoms. The van der Waals surface area contributed by atoms with E-state index >= 15 is 0 Å². The molecule has 1 heterocycles. The van der Waals surface area contributed by atoms with Crippen molar-refractivity contribution in [3.63, 3.8) is 0 Å². The summed E-state index contributed by atoms with van der Waals surface area (Å²) in [6.07, 6.45) is 4.31. The van der Waals surface area contributed by atoms with Crippen molar-refractivity contribution < 1.29 is 9.53 Å². The van der Waals surface area contributed by atoms with Crippen LogP contribution in [-0.4, -0.2) is 38.3 Å². The second-order valence-electron chi connectivity index (χ2n) is 4.79. The summed E-state index contributed by atoms with van der Waals surface area (Å²) in [5, 5.41) is 6.35. The van der Waals surface area contributed by atoms with E-state index in [4.69, 9.17) is 4.74 Å². The topological polar surface area (TPSA) is 50.4 Å². The van der Waals surface area contributed by atoms with Gasteiger partial charge in [-0.15, -0.1) is 0 Å². The molecule has 3 atom stereocenters. The van der Waals surface area contributed by atoms with Crippen molar-refractivity contribution >= 4 is 5.91 Å². The summed E-state index contributed by atoms with van der Waals surface area (Å²) in [4.78, 5) is 12.1. The molecule has 0 aromatic carbocycles. The smallest absolute Gasteiger partial charge is 0.223 e. The Kier molecular flexibility index (Phi) is 6.52. The predicted molar refractivity (Wildman–Crippen MR) is 68.9 cm³/mol. The Labute approximate surface area is 104 Å². The van der Waals surface area contributed by atoms with Crippen LogP contribution in [-0.2, 0) is 9.53 Å². The fraction of sp³-hybridized carbons (Fsp3) is 0.923. The van der Waals surface area contributed by atoms with Crippen LogP contribution in [0.5, 0.6) is 0 Å². The zero-order chi connectivity index (χ0) is 12.7. The van der Waals surface area contributed by atoms with E-state index in [1.807, 2.05) is 0 Å². The van der Waals surface area contributed by atoms with Crippen molar-refractivity contribution in [2.75, 3.05) is 20.2 Å². The molecule has 1 aliphatic heterocycles. The highest BCUT2D eigenvalue weighted by molar-refractivity contribution is 5.79. The van der Waals surface area contributed by atoms with Gasteiger partial charge in [-0.05, 0) is 12.8 Å². The Morgan fingerprint density at radius 3 is 2.82 bits per heavy atom. The van der Waals surface area contributed by atoms with Gasteiger partial charge in [-0.25, -0.2) is 0 Å². The zero-order valence-corrected chi connectivity index (χ0v) is 11.3. The maximum Gasteiger partial charge on any atom is 0.223 e. The molecule has 1 fully saturated rings. The molecule has 4 heteroatoms. The van der Waals surface area contributed by atoms with Gasteiger partial charge in [0.1, 0.15) is 0 Å². The van der Waals surface area contributed by atoms with Crippen LogP contribution in [0.2, 0.25) is 0 Å². The van der Waals surface area contributed by atoms with Gasteiger partial charge in [0.05, 0.1) is 12.1 Å². The molecular weight excluding hydrogens is 216 g/mol. The lowest BCUT2D eigenvalue weighted by Gasteiger charge is -2.22. The van der Waals surface area contributed by atoms with Gasteiger partial charge in [-0.2, -0.15) is 0 Å². The molecule has 1 saturated heterocycles. The van der Waals surface area contributed by atoms with Gasteiger partial charge in [0.25, 0.3) is 0 Å². The third-order valence-corrected chi connectivity index (χ3v) is 3.56. The highest BCUT2D eigenvalue weighted by Gasteiger charge is 2.29. The molecule has 1 amide bonds. The minimum absolute atomic E-state index is 0.114. The summed E-state index contributed by atoms with van der Waals surface area (Å²) in [5.74, 6) is 0.352. The van der Waals surface area contributed by atoms with E-state index in [0.717, 1.165) is 38.8 Å². The summed E-state index contributed by atoms with van der Waals surface area (Å²) < 4.78 is 5.34. The maximum absolute atomic E-state index is 12.1. The maximum atomic E-state index is 12.1. The molecule has 0 saturated carbocycles. The van der Waals surface area contributed by atoms with Gasteiger partial charge in [0.2, 0.25) is 5.91 Å². The lowest BCUT2D eigenvalue weighted by molar-refractivity contribution is -0.126. The largest absolute Gasteiger partial charge is 0.378 e. The zero-order valence-electron chi connectivity index (χ0n) is 11.3. The standard InChI is InChI=1S/C13H26N2O2/c1-4-6-7-10(5-2)13(16)15-11-8-14-9-12(11)17-3/h10-12,14H,4-9H2,1-3H3,(H,15,16)/t10?,11?,12-/m1/s1. The quantitative estimate of drug-likeness (QED) is 0.707. The molecular formula is C13H26N2O2. The number of hydrogen-bond donors (Lipinski definition) is 2. The molecule has 100 valence electrons.